The first-order valence-corrected chi connectivity index (χ1v) is 6.30. The quantitative estimate of drug-likeness (QED) is 0.872. The van der Waals surface area contributed by atoms with Crippen LogP contribution in [0.1, 0.15) is 38.3 Å². The number of halogens is 1. The third-order valence-corrected chi connectivity index (χ3v) is 2.56. The normalized spacial score (nSPS) is 11.6. The first kappa shape index (κ1) is 13.7. The van der Waals surface area contributed by atoms with E-state index in [1.165, 1.54) is 0 Å². The molecule has 0 aromatic carbocycles. The summed E-state index contributed by atoms with van der Waals surface area (Å²) in [5, 5.41) is 7.32. The molecular weight excluding hydrogens is 266 g/mol. The highest BCUT2D eigenvalue weighted by Crippen LogP contribution is 2.22. The Morgan fingerprint density at radius 2 is 2.00 bits per heavy atom. The Labute approximate surface area is 116 Å². The Hall–Kier alpha value is -1.69. The van der Waals surface area contributed by atoms with Crippen LogP contribution in [-0.2, 0) is 12.0 Å². The van der Waals surface area contributed by atoms with E-state index < -0.39 is 0 Å². The van der Waals surface area contributed by atoms with Gasteiger partial charge in [-0.05, 0) is 0 Å². The maximum atomic E-state index is 6.00. The molecule has 0 aliphatic carbocycles. The van der Waals surface area contributed by atoms with Crippen molar-refractivity contribution in [2.45, 2.75) is 39.7 Å². The summed E-state index contributed by atoms with van der Waals surface area (Å²) >= 11 is 6.00. The molecule has 1 N–H and O–H groups in total. The fraction of sp³-hybridized carbons (Fsp3) is 0.500. The van der Waals surface area contributed by atoms with Crippen LogP contribution < -0.4 is 5.32 Å². The van der Waals surface area contributed by atoms with Gasteiger partial charge in [0.05, 0.1) is 6.54 Å². The van der Waals surface area contributed by atoms with E-state index in [0.717, 1.165) is 0 Å². The van der Waals surface area contributed by atoms with Crippen LogP contribution in [-0.4, -0.2) is 20.1 Å². The predicted molar refractivity (Wildman–Crippen MR) is 72.1 cm³/mol. The van der Waals surface area contributed by atoms with Gasteiger partial charge in [0.15, 0.2) is 5.82 Å². The first-order valence-electron chi connectivity index (χ1n) is 5.93. The molecule has 0 bridgehead atoms. The summed E-state index contributed by atoms with van der Waals surface area (Å²) in [5.41, 5.74) is -0.163. The highest BCUT2D eigenvalue weighted by molar-refractivity contribution is 6.29. The highest BCUT2D eigenvalue weighted by atomic mass is 35.5. The SMILES string of the molecule is Cc1nc(CNc2cc(Cl)nc(C(C)(C)C)n2)no1. The highest BCUT2D eigenvalue weighted by Gasteiger charge is 2.18. The Balaban J connectivity index is 2.14. The van der Waals surface area contributed by atoms with Crippen LogP contribution in [0.3, 0.4) is 0 Å². The maximum Gasteiger partial charge on any atom is 0.223 e. The van der Waals surface area contributed by atoms with Gasteiger partial charge in [-0.15, -0.1) is 0 Å². The molecule has 102 valence electrons. The van der Waals surface area contributed by atoms with Crippen molar-refractivity contribution in [2.24, 2.45) is 0 Å². The number of rotatable bonds is 3. The summed E-state index contributed by atoms with van der Waals surface area (Å²) in [5.74, 6) is 2.44. The molecule has 6 nitrogen and oxygen atoms in total. The molecule has 0 fully saturated rings. The van der Waals surface area contributed by atoms with E-state index in [0.29, 0.717) is 35.1 Å². The molecule has 19 heavy (non-hydrogen) atoms. The molecule has 0 amide bonds. The molecule has 0 aliphatic heterocycles. The Bertz CT molecular complexity index is 576. The molecule has 2 heterocycles. The lowest BCUT2D eigenvalue weighted by Crippen LogP contribution is -2.17. The standard InChI is InChI=1S/C12H16ClN5O/c1-7-15-10(18-19-7)6-14-9-5-8(13)16-11(17-9)12(2,3)4/h5H,6H2,1-4H3,(H,14,16,17). The van der Waals surface area contributed by atoms with Crippen LogP contribution >= 0.6 is 11.6 Å². The topological polar surface area (TPSA) is 76.7 Å². The van der Waals surface area contributed by atoms with E-state index in [1.807, 2.05) is 20.8 Å². The van der Waals surface area contributed by atoms with Gasteiger partial charge in [0.25, 0.3) is 0 Å². The number of hydrogen-bond acceptors (Lipinski definition) is 6. The number of nitrogens with one attached hydrogen (secondary N) is 1. The summed E-state index contributed by atoms with van der Waals surface area (Å²) in [6.45, 7) is 8.27. The van der Waals surface area contributed by atoms with E-state index in [1.54, 1.807) is 13.0 Å². The summed E-state index contributed by atoms with van der Waals surface area (Å²) in [7, 11) is 0. The number of hydrogen-bond donors (Lipinski definition) is 1. The minimum Gasteiger partial charge on any atom is -0.362 e. The lowest BCUT2D eigenvalue weighted by Gasteiger charge is -2.17. The molecule has 0 unspecified atom stereocenters. The number of nitrogens with zero attached hydrogens (tertiary/aromatic N) is 4. The van der Waals surface area contributed by atoms with Gasteiger partial charge < -0.3 is 9.84 Å². The molecule has 0 saturated heterocycles. The average Bonchev–Trinajstić information content (AvgIpc) is 2.71. The zero-order valence-electron chi connectivity index (χ0n) is 11.4. The van der Waals surface area contributed by atoms with E-state index in [4.69, 9.17) is 16.1 Å². The fourth-order valence-corrected chi connectivity index (χ4v) is 1.61. The monoisotopic (exact) mass is 281 g/mol. The molecule has 0 spiro atoms. The van der Waals surface area contributed by atoms with Gasteiger partial charge in [0, 0.05) is 18.4 Å². The van der Waals surface area contributed by atoms with Crippen molar-refractivity contribution >= 4 is 17.4 Å². The van der Waals surface area contributed by atoms with Crippen LogP contribution in [0, 0.1) is 6.92 Å². The van der Waals surface area contributed by atoms with Crippen LogP contribution in [0.5, 0.6) is 0 Å². The predicted octanol–water partition coefficient (Wildman–Crippen LogP) is 2.73. The summed E-state index contributed by atoms with van der Waals surface area (Å²) in [4.78, 5) is 12.8. The van der Waals surface area contributed by atoms with Crippen LogP contribution in [0.15, 0.2) is 10.6 Å². The summed E-state index contributed by atoms with van der Waals surface area (Å²) in [6, 6.07) is 1.67. The molecule has 0 radical (unpaired) electrons. The van der Waals surface area contributed by atoms with Crippen molar-refractivity contribution in [3.8, 4) is 0 Å². The number of anilines is 1. The third kappa shape index (κ3) is 3.64. The van der Waals surface area contributed by atoms with E-state index in [-0.39, 0.29) is 5.41 Å². The Morgan fingerprint density at radius 3 is 2.58 bits per heavy atom. The maximum absolute atomic E-state index is 6.00. The van der Waals surface area contributed by atoms with Crippen molar-refractivity contribution in [3.05, 3.63) is 28.8 Å². The first-order chi connectivity index (χ1) is 8.84. The summed E-state index contributed by atoms with van der Waals surface area (Å²) < 4.78 is 4.89. The van der Waals surface area contributed by atoms with Gasteiger partial charge >= 0.3 is 0 Å². The molecule has 2 aromatic rings. The van der Waals surface area contributed by atoms with Crippen LogP contribution in [0.2, 0.25) is 5.15 Å². The molecule has 7 heteroatoms. The molecule has 2 aromatic heterocycles. The van der Waals surface area contributed by atoms with Crippen molar-refractivity contribution in [1.29, 1.82) is 0 Å². The van der Waals surface area contributed by atoms with Crippen LogP contribution in [0.4, 0.5) is 5.82 Å². The molecule has 2 rings (SSSR count). The molecule has 0 saturated carbocycles. The Kier molecular flexibility index (Phi) is 3.71. The van der Waals surface area contributed by atoms with Crippen molar-refractivity contribution < 1.29 is 4.52 Å². The van der Waals surface area contributed by atoms with Crippen molar-refractivity contribution in [2.75, 3.05) is 5.32 Å². The zero-order valence-corrected chi connectivity index (χ0v) is 12.1. The lowest BCUT2D eigenvalue weighted by molar-refractivity contribution is 0.388. The second kappa shape index (κ2) is 5.13. The number of aromatic nitrogens is 4. The fourth-order valence-electron chi connectivity index (χ4n) is 1.43. The molecule has 0 aliphatic rings. The largest absolute Gasteiger partial charge is 0.362 e. The van der Waals surface area contributed by atoms with Crippen molar-refractivity contribution in [1.82, 2.24) is 20.1 Å². The number of aryl methyl sites for hydroxylation is 1. The van der Waals surface area contributed by atoms with E-state index in [2.05, 4.69) is 25.4 Å². The van der Waals surface area contributed by atoms with Gasteiger partial charge in [0.2, 0.25) is 5.89 Å². The second-order valence-corrected chi connectivity index (χ2v) is 5.62. The van der Waals surface area contributed by atoms with E-state index >= 15 is 0 Å². The molecule has 0 atom stereocenters. The average molecular weight is 282 g/mol. The zero-order chi connectivity index (χ0) is 14.0. The van der Waals surface area contributed by atoms with Gasteiger partial charge in [-0.25, -0.2) is 9.97 Å². The van der Waals surface area contributed by atoms with Gasteiger partial charge in [-0.3, -0.25) is 0 Å². The van der Waals surface area contributed by atoms with Gasteiger partial charge in [-0.2, -0.15) is 4.98 Å². The third-order valence-electron chi connectivity index (χ3n) is 2.36. The lowest BCUT2D eigenvalue weighted by atomic mass is 9.96. The Morgan fingerprint density at radius 1 is 1.26 bits per heavy atom. The minimum atomic E-state index is -0.163. The van der Waals surface area contributed by atoms with Gasteiger partial charge in [-0.1, -0.05) is 37.5 Å². The van der Waals surface area contributed by atoms with Crippen LogP contribution in [0.25, 0.3) is 0 Å². The smallest absolute Gasteiger partial charge is 0.223 e. The summed E-state index contributed by atoms with van der Waals surface area (Å²) in [6.07, 6.45) is 0. The minimum absolute atomic E-state index is 0.163. The second-order valence-electron chi connectivity index (χ2n) is 5.23. The van der Waals surface area contributed by atoms with E-state index in [9.17, 15) is 0 Å². The molecular formula is C12H16ClN5O. The van der Waals surface area contributed by atoms with Crippen molar-refractivity contribution in [3.63, 3.8) is 0 Å². The van der Waals surface area contributed by atoms with Gasteiger partial charge in [0.1, 0.15) is 16.8 Å².